The summed E-state index contributed by atoms with van der Waals surface area (Å²) in [5.74, 6) is 0. The quantitative estimate of drug-likeness (QED) is 0.355. The molecule has 0 rings (SSSR count). The van der Waals surface area contributed by atoms with Crippen molar-refractivity contribution >= 4 is 9.76 Å². The first-order valence-electron chi connectivity index (χ1n) is 9.45. The Kier molecular flexibility index (Phi) is 12.5. The molecule has 0 aliphatic carbocycles. The number of rotatable bonds is 14. The van der Waals surface area contributed by atoms with Gasteiger partial charge in [-0.3, -0.25) is 0 Å². The Morgan fingerprint density at radius 2 is 1.22 bits per heavy atom. The lowest BCUT2D eigenvalue weighted by Crippen LogP contribution is -2.50. The highest BCUT2D eigenvalue weighted by Gasteiger charge is 2.33. The molecular formula is C18H43N3OSi. The maximum absolute atomic E-state index is 5.93. The van der Waals surface area contributed by atoms with Gasteiger partial charge in [-0.1, -0.05) is 20.8 Å². The van der Waals surface area contributed by atoms with E-state index in [2.05, 4.69) is 70.5 Å². The van der Waals surface area contributed by atoms with Crippen LogP contribution < -0.4 is 0 Å². The molecule has 0 spiro atoms. The van der Waals surface area contributed by atoms with Gasteiger partial charge in [0, 0.05) is 31.2 Å². The highest BCUT2D eigenvalue weighted by Crippen LogP contribution is 2.28. The average molecular weight is 346 g/mol. The van der Waals surface area contributed by atoms with Crippen LogP contribution in [0.2, 0.25) is 6.04 Å². The highest BCUT2D eigenvalue weighted by molar-refractivity contribution is 6.27. The molecule has 0 saturated carbocycles. The minimum absolute atomic E-state index is 0.341. The Morgan fingerprint density at radius 1 is 0.826 bits per heavy atom. The van der Waals surface area contributed by atoms with Crippen molar-refractivity contribution in [3.05, 3.63) is 0 Å². The predicted octanol–water partition coefficient (Wildman–Crippen LogP) is 2.15. The monoisotopic (exact) mass is 345 g/mol. The minimum atomic E-state index is -0.392. The lowest BCUT2D eigenvalue weighted by molar-refractivity contribution is 0.0790. The van der Waals surface area contributed by atoms with Gasteiger partial charge in [-0.15, -0.1) is 0 Å². The van der Waals surface area contributed by atoms with Crippen LogP contribution in [-0.2, 0) is 4.43 Å². The van der Waals surface area contributed by atoms with Crippen molar-refractivity contribution in [1.29, 1.82) is 0 Å². The maximum atomic E-state index is 5.93. The van der Waals surface area contributed by atoms with Gasteiger partial charge in [0.25, 0.3) is 0 Å². The first-order chi connectivity index (χ1) is 10.8. The molecule has 0 heterocycles. The molecule has 0 amide bonds. The standard InChI is InChI=1S/C18H43N3OSi/c1-9-19(6)14-18(15-20(7)10-2,16-21(8)11-3)12-13-23-22-17(4)5/h17H,9-16,23H2,1-8H3. The topological polar surface area (TPSA) is 19.0 Å². The van der Waals surface area contributed by atoms with Gasteiger partial charge in [-0.05, 0) is 67.1 Å². The fraction of sp³-hybridized carbons (Fsp3) is 1.00. The zero-order valence-corrected chi connectivity index (χ0v) is 18.6. The van der Waals surface area contributed by atoms with Gasteiger partial charge in [0.05, 0.1) is 0 Å². The van der Waals surface area contributed by atoms with Crippen molar-refractivity contribution in [2.45, 2.75) is 53.2 Å². The summed E-state index contributed by atoms with van der Waals surface area (Å²) in [6.07, 6.45) is 1.68. The summed E-state index contributed by atoms with van der Waals surface area (Å²) in [4.78, 5) is 7.45. The molecule has 0 fully saturated rings. The van der Waals surface area contributed by atoms with Crippen LogP contribution in [0.5, 0.6) is 0 Å². The molecule has 0 aliphatic heterocycles. The zero-order valence-electron chi connectivity index (χ0n) is 17.2. The summed E-state index contributed by atoms with van der Waals surface area (Å²) >= 11 is 0. The molecular weight excluding hydrogens is 302 g/mol. The van der Waals surface area contributed by atoms with E-state index in [-0.39, 0.29) is 0 Å². The molecule has 0 unspecified atom stereocenters. The smallest absolute Gasteiger partial charge is 0.161 e. The van der Waals surface area contributed by atoms with Gasteiger partial charge in [0.15, 0.2) is 9.76 Å². The van der Waals surface area contributed by atoms with E-state index >= 15 is 0 Å². The van der Waals surface area contributed by atoms with E-state index in [1.807, 2.05) is 0 Å². The van der Waals surface area contributed by atoms with Gasteiger partial charge in [0.1, 0.15) is 0 Å². The molecule has 0 aromatic carbocycles. The molecule has 0 radical (unpaired) electrons. The summed E-state index contributed by atoms with van der Waals surface area (Å²) in [5, 5.41) is 0. The van der Waals surface area contributed by atoms with Crippen LogP contribution in [-0.4, -0.2) is 91.0 Å². The van der Waals surface area contributed by atoms with E-state index in [0.717, 1.165) is 19.6 Å². The lowest BCUT2D eigenvalue weighted by Gasteiger charge is -2.42. The third kappa shape index (κ3) is 10.5. The van der Waals surface area contributed by atoms with Crippen LogP contribution in [0, 0.1) is 5.41 Å². The van der Waals surface area contributed by atoms with Crippen LogP contribution in [0.3, 0.4) is 0 Å². The van der Waals surface area contributed by atoms with Crippen molar-refractivity contribution in [3.8, 4) is 0 Å². The summed E-state index contributed by atoms with van der Waals surface area (Å²) in [5.41, 5.74) is 0.341. The van der Waals surface area contributed by atoms with Crippen LogP contribution >= 0.6 is 0 Å². The fourth-order valence-electron chi connectivity index (χ4n) is 3.21. The third-order valence-electron chi connectivity index (χ3n) is 4.74. The molecule has 0 saturated heterocycles. The van der Waals surface area contributed by atoms with Crippen molar-refractivity contribution in [1.82, 2.24) is 14.7 Å². The number of nitrogens with zero attached hydrogens (tertiary/aromatic N) is 3. The first-order valence-corrected chi connectivity index (χ1v) is 11.0. The summed E-state index contributed by atoms with van der Waals surface area (Å²) < 4.78 is 5.93. The maximum Gasteiger partial charge on any atom is 0.161 e. The van der Waals surface area contributed by atoms with Gasteiger partial charge in [-0.2, -0.15) is 0 Å². The number of hydrogen-bond acceptors (Lipinski definition) is 4. The largest absolute Gasteiger partial charge is 0.422 e. The Labute approximate surface area is 148 Å². The van der Waals surface area contributed by atoms with Crippen molar-refractivity contribution in [3.63, 3.8) is 0 Å². The molecule has 0 atom stereocenters. The zero-order chi connectivity index (χ0) is 17.9. The summed E-state index contributed by atoms with van der Waals surface area (Å²) in [6, 6.07) is 1.28. The van der Waals surface area contributed by atoms with E-state index in [1.165, 1.54) is 32.1 Å². The van der Waals surface area contributed by atoms with Crippen LogP contribution in [0.15, 0.2) is 0 Å². The van der Waals surface area contributed by atoms with Crippen LogP contribution in [0.4, 0.5) is 0 Å². The summed E-state index contributed by atoms with van der Waals surface area (Å²) in [6.45, 7) is 18.0. The molecule has 0 aromatic heterocycles. The first kappa shape index (κ1) is 23.1. The minimum Gasteiger partial charge on any atom is -0.422 e. The third-order valence-corrected chi connectivity index (χ3v) is 6.28. The molecule has 4 nitrogen and oxygen atoms in total. The Hall–Kier alpha value is 0.0569. The van der Waals surface area contributed by atoms with Crippen LogP contribution in [0.25, 0.3) is 0 Å². The second kappa shape index (κ2) is 12.4. The molecule has 140 valence electrons. The van der Waals surface area contributed by atoms with Gasteiger partial charge < -0.3 is 19.1 Å². The summed E-state index contributed by atoms with van der Waals surface area (Å²) in [7, 11) is 6.38. The molecule has 5 heteroatoms. The van der Waals surface area contributed by atoms with E-state index < -0.39 is 9.76 Å². The van der Waals surface area contributed by atoms with Crippen molar-refractivity contribution in [2.24, 2.45) is 5.41 Å². The Bertz CT molecular complexity index is 258. The van der Waals surface area contributed by atoms with Crippen LogP contribution in [0.1, 0.15) is 41.0 Å². The van der Waals surface area contributed by atoms with E-state index in [1.54, 1.807) is 0 Å². The van der Waals surface area contributed by atoms with E-state index in [4.69, 9.17) is 4.43 Å². The molecule has 0 bridgehead atoms. The Morgan fingerprint density at radius 3 is 1.52 bits per heavy atom. The lowest BCUT2D eigenvalue weighted by atomic mass is 9.83. The average Bonchev–Trinajstić information content (AvgIpc) is 2.50. The van der Waals surface area contributed by atoms with E-state index in [0.29, 0.717) is 11.5 Å². The molecule has 0 aromatic rings. The van der Waals surface area contributed by atoms with Gasteiger partial charge >= 0.3 is 0 Å². The second-order valence-electron chi connectivity index (χ2n) is 7.51. The predicted molar refractivity (Wildman–Crippen MR) is 106 cm³/mol. The second-order valence-corrected chi connectivity index (χ2v) is 8.96. The van der Waals surface area contributed by atoms with E-state index in [9.17, 15) is 0 Å². The molecule has 0 N–H and O–H groups in total. The SMILES string of the molecule is CCN(C)CC(CC[SiH2]OC(C)C)(CN(C)CC)CN(C)CC. The fourth-order valence-corrected chi connectivity index (χ4v) is 4.74. The highest BCUT2D eigenvalue weighted by atomic mass is 28.2. The van der Waals surface area contributed by atoms with Gasteiger partial charge in [-0.25, -0.2) is 0 Å². The Balaban J connectivity index is 5.02. The normalized spacial score (nSPS) is 13.6. The molecule has 0 aliphatic rings. The van der Waals surface area contributed by atoms with Crippen molar-refractivity contribution < 1.29 is 4.43 Å². The number of hydrogen-bond donors (Lipinski definition) is 0. The molecule has 23 heavy (non-hydrogen) atoms. The van der Waals surface area contributed by atoms with Crippen molar-refractivity contribution in [2.75, 3.05) is 60.4 Å². The van der Waals surface area contributed by atoms with Gasteiger partial charge in [0.2, 0.25) is 0 Å².